The van der Waals surface area contributed by atoms with Crippen molar-refractivity contribution in [2.24, 2.45) is 0 Å². The van der Waals surface area contributed by atoms with Crippen molar-refractivity contribution < 1.29 is 9.47 Å². The van der Waals surface area contributed by atoms with Crippen LogP contribution in [0.1, 0.15) is 37.2 Å². The van der Waals surface area contributed by atoms with Crippen LogP contribution in [0.3, 0.4) is 0 Å². The van der Waals surface area contributed by atoms with E-state index < -0.39 is 0 Å². The highest BCUT2D eigenvalue weighted by Crippen LogP contribution is 2.42. The monoisotopic (exact) mass is 405 g/mol. The molecule has 2 aliphatic heterocycles. The van der Waals surface area contributed by atoms with Crippen LogP contribution in [0.4, 0.5) is 0 Å². The topological polar surface area (TPSA) is 56.1 Å². The minimum Gasteiger partial charge on any atom is -0.493 e. The van der Waals surface area contributed by atoms with E-state index in [1.165, 1.54) is 31.2 Å². The van der Waals surface area contributed by atoms with E-state index in [0.29, 0.717) is 40.8 Å². The third-order valence-electron chi connectivity index (χ3n) is 6.93. The highest BCUT2D eigenvalue weighted by Gasteiger charge is 2.38. The Labute approximate surface area is 176 Å². The van der Waals surface area contributed by atoms with Crippen LogP contribution in [-0.4, -0.2) is 47.6 Å². The molecule has 0 saturated carbocycles. The molecule has 3 atom stereocenters. The molecule has 0 spiro atoms. The van der Waals surface area contributed by atoms with Gasteiger partial charge in [0, 0.05) is 29.9 Å². The molecule has 6 heteroatoms. The molecule has 0 N–H and O–H groups in total. The maximum Gasteiger partial charge on any atom is 0.258 e. The van der Waals surface area contributed by atoms with Crippen LogP contribution in [-0.2, 0) is 0 Å². The van der Waals surface area contributed by atoms with Crippen LogP contribution >= 0.6 is 0 Å². The van der Waals surface area contributed by atoms with Crippen LogP contribution in [0.15, 0.2) is 47.4 Å². The van der Waals surface area contributed by atoms with Crippen LogP contribution < -0.4 is 15.0 Å². The van der Waals surface area contributed by atoms with Crippen molar-refractivity contribution in [3.8, 4) is 22.8 Å². The van der Waals surface area contributed by atoms with Gasteiger partial charge in [-0.1, -0.05) is 6.07 Å². The number of hydrogen-bond acceptors (Lipinski definition) is 5. The molecule has 4 heterocycles. The number of methoxy groups -OCH3 is 2. The molecule has 1 unspecified atom stereocenters. The van der Waals surface area contributed by atoms with E-state index in [4.69, 9.17) is 14.5 Å². The second-order valence-electron chi connectivity index (χ2n) is 8.46. The number of ether oxygens (including phenoxy) is 2. The van der Waals surface area contributed by atoms with E-state index in [2.05, 4.69) is 18.0 Å². The standard InChI is InChI=1S/C24H27N3O3/c1-26-18-6-7-19(26)11-17(10-18)16-5-9-23-25-20(13-24(28)27(23)14-16)15-4-8-21(29-2)22(12-15)30-3/h4-5,8-9,12-14,17-19H,6-7,10-11H2,1-3H3/t17?,18-,19+. The van der Waals surface area contributed by atoms with Crippen molar-refractivity contribution in [2.75, 3.05) is 21.3 Å². The van der Waals surface area contributed by atoms with E-state index in [0.717, 1.165) is 5.56 Å². The van der Waals surface area contributed by atoms with Crippen molar-refractivity contribution in [3.63, 3.8) is 0 Å². The first-order valence-electron chi connectivity index (χ1n) is 10.5. The normalized spacial score (nSPS) is 23.6. The molecule has 0 amide bonds. The first-order chi connectivity index (χ1) is 14.6. The quantitative estimate of drug-likeness (QED) is 0.662. The Kier molecular flexibility index (Phi) is 4.74. The van der Waals surface area contributed by atoms with Crippen LogP contribution in [0, 0.1) is 0 Å². The molecule has 2 bridgehead atoms. The number of fused-ring (bicyclic) bond motifs is 3. The van der Waals surface area contributed by atoms with Gasteiger partial charge in [-0.2, -0.15) is 0 Å². The van der Waals surface area contributed by atoms with Crippen molar-refractivity contribution >= 4 is 5.65 Å². The van der Waals surface area contributed by atoms with Gasteiger partial charge in [0.2, 0.25) is 0 Å². The van der Waals surface area contributed by atoms with Gasteiger partial charge in [0.05, 0.1) is 19.9 Å². The molecule has 30 heavy (non-hydrogen) atoms. The van der Waals surface area contributed by atoms with Crippen molar-refractivity contribution in [1.29, 1.82) is 0 Å². The number of benzene rings is 1. The zero-order valence-corrected chi connectivity index (χ0v) is 17.7. The maximum absolute atomic E-state index is 12.9. The highest BCUT2D eigenvalue weighted by molar-refractivity contribution is 5.65. The Morgan fingerprint density at radius 2 is 1.70 bits per heavy atom. The smallest absolute Gasteiger partial charge is 0.258 e. The van der Waals surface area contributed by atoms with Crippen LogP contribution in [0.5, 0.6) is 11.5 Å². The highest BCUT2D eigenvalue weighted by atomic mass is 16.5. The van der Waals surface area contributed by atoms with Crippen molar-refractivity contribution in [2.45, 2.75) is 43.7 Å². The van der Waals surface area contributed by atoms with Gasteiger partial charge in [0.1, 0.15) is 5.65 Å². The van der Waals surface area contributed by atoms with Gasteiger partial charge in [-0.15, -0.1) is 0 Å². The minimum absolute atomic E-state index is 0.0671. The van der Waals surface area contributed by atoms with Gasteiger partial charge in [-0.3, -0.25) is 9.20 Å². The lowest BCUT2D eigenvalue weighted by Crippen LogP contribution is -2.39. The number of nitrogens with zero attached hydrogens (tertiary/aromatic N) is 3. The summed E-state index contributed by atoms with van der Waals surface area (Å²) in [5.41, 5.74) is 3.29. The largest absolute Gasteiger partial charge is 0.493 e. The van der Waals surface area contributed by atoms with Crippen molar-refractivity contribution in [1.82, 2.24) is 14.3 Å². The number of hydrogen-bond donors (Lipinski definition) is 0. The third kappa shape index (κ3) is 3.16. The minimum atomic E-state index is -0.0671. The summed E-state index contributed by atoms with van der Waals surface area (Å²) >= 11 is 0. The van der Waals surface area contributed by atoms with Gasteiger partial charge in [-0.25, -0.2) is 4.98 Å². The Bertz CT molecular complexity index is 1140. The maximum atomic E-state index is 12.9. The summed E-state index contributed by atoms with van der Waals surface area (Å²) in [5, 5.41) is 0. The summed E-state index contributed by atoms with van der Waals surface area (Å²) in [5.74, 6) is 1.78. The Balaban J connectivity index is 1.50. The molecule has 3 aromatic rings. The fraction of sp³-hybridized carbons (Fsp3) is 0.417. The summed E-state index contributed by atoms with van der Waals surface area (Å²) in [4.78, 5) is 20.2. The Morgan fingerprint density at radius 1 is 0.967 bits per heavy atom. The number of pyridine rings is 1. The molecular weight excluding hydrogens is 378 g/mol. The fourth-order valence-electron chi connectivity index (χ4n) is 5.19. The molecular formula is C24H27N3O3. The van der Waals surface area contributed by atoms with Gasteiger partial charge < -0.3 is 14.4 Å². The molecule has 6 nitrogen and oxygen atoms in total. The van der Waals surface area contributed by atoms with E-state index in [1.807, 2.05) is 30.5 Å². The molecule has 1 aromatic carbocycles. The second kappa shape index (κ2) is 7.43. The zero-order valence-electron chi connectivity index (χ0n) is 17.7. The Hall–Kier alpha value is -2.86. The lowest BCUT2D eigenvalue weighted by Gasteiger charge is -2.36. The fourth-order valence-corrected chi connectivity index (χ4v) is 5.19. The van der Waals surface area contributed by atoms with Gasteiger partial charge in [0.25, 0.3) is 5.56 Å². The molecule has 2 aromatic heterocycles. The SMILES string of the molecule is COc1ccc(-c2cc(=O)n3cc(C4C[C@H]5CC[C@@H](C4)N5C)ccc3n2)cc1OC. The first kappa shape index (κ1) is 19.1. The summed E-state index contributed by atoms with van der Waals surface area (Å²) in [7, 11) is 5.45. The molecule has 2 aliphatic rings. The molecule has 0 radical (unpaired) electrons. The second-order valence-corrected chi connectivity index (χ2v) is 8.46. The van der Waals surface area contributed by atoms with Crippen LogP contribution in [0.25, 0.3) is 16.9 Å². The number of piperidine rings is 1. The summed E-state index contributed by atoms with van der Waals surface area (Å²) in [6, 6.07) is 12.6. The lowest BCUT2D eigenvalue weighted by atomic mass is 9.86. The average molecular weight is 405 g/mol. The average Bonchev–Trinajstić information content (AvgIpc) is 2.98. The zero-order chi connectivity index (χ0) is 20.8. The first-order valence-corrected chi connectivity index (χ1v) is 10.5. The van der Waals surface area contributed by atoms with Gasteiger partial charge >= 0.3 is 0 Å². The molecule has 2 fully saturated rings. The number of rotatable bonds is 4. The van der Waals surface area contributed by atoms with E-state index >= 15 is 0 Å². The summed E-state index contributed by atoms with van der Waals surface area (Å²) in [6.07, 6.45) is 6.93. The summed E-state index contributed by atoms with van der Waals surface area (Å²) < 4.78 is 12.4. The molecule has 5 rings (SSSR count). The van der Waals surface area contributed by atoms with Crippen molar-refractivity contribution in [3.05, 3.63) is 58.5 Å². The third-order valence-corrected chi connectivity index (χ3v) is 6.93. The van der Waals surface area contributed by atoms with Gasteiger partial charge in [0.15, 0.2) is 11.5 Å². The predicted molar refractivity (Wildman–Crippen MR) is 117 cm³/mol. The van der Waals surface area contributed by atoms with E-state index in [1.54, 1.807) is 24.7 Å². The number of aromatic nitrogens is 2. The predicted octanol–water partition coefficient (Wildman–Crippen LogP) is 3.72. The lowest BCUT2D eigenvalue weighted by molar-refractivity contribution is 0.161. The van der Waals surface area contributed by atoms with Crippen LogP contribution in [0.2, 0.25) is 0 Å². The molecule has 2 saturated heterocycles. The summed E-state index contributed by atoms with van der Waals surface area (Å²) in [6.45, 7) is 0. The Morgan fingerprint density at radius 3 is 2.40 bits per heavy atom. The molecule has 0 aliphatic carbocycles. The van der Waals surface area contributed by atoms with Gasteiger partial charge in [-0.05, 0) is 68.5 Å². The van der Waals surface area contributed by atoms with E-state index in [9.17, 15) is 4.79 Å². The molecule has 156 valence electrons. The van der Waals surface area contributed by atoms with E-state index in [-0.39, 0.29) is 5.56 Å².